The van der Waals surface area contributed by atoms with Crippen LogP contribution in [0.1, 0.15) is 20.8 Å². The van der Waals surface area contributed by atoms with Crippen molar-refractivity contribution in [2.75, 3.05) is 10.6 Å². The molecule has 4 aromatic rings. The Hall–Kier alpha value is -4.06. The second-order valence-electron chi connectivity index (χ2n) is 7.76. The van der Waals surface area contributed by atoms with E-state index in [0.29, 0.717) is 33.0 Å². The predicted octanol–water partition coefficient (Wildman–Crippen LogP) is 4.13. The van der Waals surface area contributed by atoms with Crippen LogP contribution in [0, 0.1) is 0 Å². The van der Waals surface area contributed by atoms with E-state index in [1.807, 2.05) is 0 Å². The molecule has 12 heteroatoms. The summed E-state index contributed by atoms with van der Waals surface area (Å²) in [5, 5.41) is 22.8. The number of anilines is 3. The Kier molecular flexibility index (Phi) is 5.22. The van der Waals surface area contributed by atoms with Crippen LogP contribution in [0.4, 0.5) is 26.2 Å². The van der Waals surface area contributed by atoms with E-state index in [2.05, 4.69) is 20.3 Å². The van der Waals surface area contributed by atoms with E-state index < -0.39 is 17.8 Å². The molecule has 164 valence electrons. The number of rotatable bonds is 3. The molecule has 0 saturated carbocycles. The second kappa shape index (κ2) is 7.89. The number of hydrogen-bond donors (Lipinski definition) is 2. The normalized spacial score (nSPS) is 11.5. The number of fused-ring (bicyclic) bond motifs is 1. The molecule has 0 aliphatic heterocycles. The number of carbonyl (C=O) groups is 2. The molecule has 32 heavy (non-hydrogen) atoms. The summed E-state index contributed by atoms with van der Waals surface area (Å²) in [5.74, 6) is 0.337. The molecule has 11 nitrogen and oxygen atoms in total. The van der Waals surface area contributed by atoms with Gasteiger partial charge in [-0.05, 0) is 51.1 Å². The number of nitrogens with two attached hydrogens (primary N) is 1. The van der Waals surface area contributed by atoms with Gasteiger partial charge < -0.3 is 15.6 Å². The van der Waals surface area contributed by atoms with Crippen LogP contribution in [0.2, 0.25) is 0 Å². The summed E-state index contributed by atoms with van der Waals surface area (Å²) in [7, 11) is 0. The van der Waals surface area contributed by atoms with Gasteiger partial charge >= 0.3 is 12.2 Å². The van der Waals surface area contributed by atoms with Crippen LogP contribution in [0.3, 0.4) is 0 Å². The fourth-order valence-corrected chi connectivity index (χ4v) is 3.77. The van der Waals surface area contributed by atoms with E-state index in [0.717, 1.165) is 4.68 Å². The minimum atomic E-state index is -1.21. The standard InChI is InChI=1S/C20H19N7O4S/c1-20(2,3)31-19(30)26(13-4-5-14-12(8-13)10-23-27(14)18(28)29)17-25-24-16(32-17)11-6-7-22-15(21)9-11/h4-10H,1-3H3,(H2,21,22)(H,28,29). The first-order valence-electron chi connectivity index (χ1n) is 9.42. The van der Waals surface area contributed by atoms with E-state index >= 15 is 0 Å². The highest BCUT2D eigenvalue weighted by Gasteiger charge is 2.28. The Morgan fingerprint density at radius 2 is 1.97 bits per heavy atom. The number of pyridine rings is 1. The zero-order chi connectivity index (χ0) is 23.0. The fraction of sp³-hybridized carbons (Fsp3) is 0.200. The van der Waals surface area contributed by atoms with Gasteiger partial charge in [-0.15, -0.1) is 10.2 Å². The molecule has 0 fully saturated rings. The first-order valence-corrected chi connectivity index (χ1v) is 10.2. The van der Waals surface area contributed by atoms with Crippen LogP contribution in [0.15, 0.2) is 42.7 Å². The van der Waals surface area contributed by atoms with Gasteiger partial charge in [0.25, 0.3) is 0 Å². The topological polar surface area (TPSA) is 149 Å². The highest BCUT2D eigenvalue weighted by atomic mass is 32.1. The monoisotopic (exact) mass is 453 g/mol. The molecular formula is C20H19N7O4S. The summed E-state index contributed by atoms with van der Waals surface area (Å²) in [4.78, 5) is 29.7. The third kappa shape index (κ3) is 4.21. The van der Waals surface area contributed by atoms with Crippen LogP contribution in [0.5, 0.6) is 0 Å². The lowest BCUT2D eigenvalue weighted by Crippen LogP contribution is -2.33. The number of aromatic nitrogens is 5. The SMILES string of the molecule is CC(C)(C)OC(=O)N(c1ccc2c(cnn2C(=O)O)c1)c1nnc(-c2ccnc(N)c2)s1. The van der Waals surface area contributed by atoms with E-state index in [-0.39, 0.29) is 5.13 Å². The molecule has 0 unspecified atom stereocenters. The van der Waals surface area contributed by atoms with Gasteiger partial charge in [-0.1, -0.05) is 11.3 Å². The molecule has 3 aromatic heterocycles. The summed E-state index contributed by atoms with van der Waals surface area (Å²) in [6, 6.07) is 8.20. The Balaban J connectivity index is 1.79. The molecule has 0 aliphatic rings. The third-order valence-electron chi connectivity index (χ3n) is 4.20. The van der Waals surface area contributed by atoms with Gasteiger partial charge in [0.15, 0.2) is 0 Å². The van der Waals surface area contributed by atoms with Crippen molar-refractivity contribution in [1.29, 1.82) is 0 Å². The van der Waals surface area contributed by atoms with Gasteiger partial charge in [0.05, 0.1) is 17.4 Å². The van der Waals surface area contributed by atoms with Crippen LogP contribution >= 0.6 is 11.3 Å². The Morgan fingerprint density at radius 1 is 1.19 bits per heavy atom. The number of hydrogen-bond acceptors (Lipinski definition) is 9. The van der Waals surface area contributed by atoms with E-state index in [1.54, 1.807) is 57.3 Å². The third-order valence-corrected chi connectivity index (χ3v) is 5.16. The molecule has 0 bridgehead atoms. The number of carboxylic acid groups (broad SMARTS) is 1. The van der Waals surface area contributed by atoms with Crippen LogP contribution in [0.25, 0.3) is 21.5 Å². The number of benzene rings is 1. The molecule has 4 rings (SSSR count). The number of ether oxygens (including phenoxy) is 1. The van der Waals surface area contributed by atoms with Crippen molar-refractivity contribution in [2.45, 2.75) is 26.4 Å². The van der Waals surface area contributed by atoms with Crippen molar-refractivity contribution in [3.63, 3.8) is 0 Å². The van der Waals surface area contributed by atoms with E-state index in [1.165, 1.54) is 22.4 Å². The highest BCUT2D eigenvalue weighted by molar-refractivity contribution is 7.18. The lowest BCUT2D eigenvalue weighted by atomic mass is 10.2. The first kappa shape index (κ1) is 21.2. The Bertz CT molecular complexity index is 1320. The Morgan fingerprint density at radius 3 is 2.66 bits per heavy atom. The number of amides is 1. The molecule has 0 aliphatic carbocycles. The summed E-state index contributed by atoms with van der Waals surface area (Å²) >= 11 is 1.17. The summed E-state index contributed by atoms with van der Waals surface area (Å²) in [6.07, 6.45) is 1.11. The molecule has 3 N–H and O–H groups in total. The van der Waals surface area contributed by atoms with Gasteiger partial charge in [-0.25, -0.2) is 19.5 Å². The maximum absolute atomic E-state index is 13.1. The molecule has 1 aromatic carbocycles. The number of carbonyl (C=O) groups excluding carboxylic acids is 1. The van der Waals surface area contributed by atoms with Gasteiger partial charge in [0, 0.05) is 17.1 Å². The number of nitrogen functional groups attached to an aromatic ring is 1. The maximum atomic E-state index is 13.1. The van der Waals surface area contributed by atoms with Crippen molar-refractivity contribution >= 4 is 51.1 Å². The Labute approximate surface area is 186 Å². The van der Waals surface area contributed by atoms with Crippen LogP contribution in [-0.2, 0) is 4.74 Å². The molecule has 0 radical (unpaired) electrons. The number of nitrogens with zero attached hydrogens (tertiary/aromatic N) is 6. The molecule has 0 atom stereocenters. The predicted molar refractivity (Wildman–Crippen MR) is 119 cm³/mol. The smallest absolute Gasteiger partial charge is 0.432 e. The van der Waals surface area contributed by atoms with E-state index in [4.69, 9.17) is 10.5 Å². The summed E-state index contributed by atoms with van der Waals surface area (Å²) in [6.45, 7) is 5.28. The molecule has 0 saturated heterocycles. The minimum absolute atomic E-state index is 0.273. The van der Waals surface area contributed by atoms with Gasteiger partial charge in [0.1, 0.15) is 16.4 Å². The minimum Gasteiger partial charge on any atom is -0.463 e. The quantitative estimate of drug-likeness (QED) is 0.467. The van der Waals surface area contributed by atoms with Crippen molar-refractivity contribution in [1.82, 2.24) is 25.0 Å². The molecule has 1 amide bonds. The molecular weight excluding hydrogens is 434 g/mol. The molecule has 0 spiro atoms. The van der Waals surface area contributed by atoms with Crippen molar-refractivity contribution < 1.29 is 19.4 Å². The lowest BCUT2D eigenvalue weighted by molar-refractivity contribution is 0.0599. The average Bonchev–Trinajstić information content (AvgIpc) is 3.34. The van der Waals surface area contributed by atoms with Gasteiger partial charge in [-0.2, -0.15) is 9.78 Å². The zero-order valence-electron chi connectivity index (χ0n) is 17.4. The van der Waals surface area contributed by atoms with Gasteiger partial charge in [0.2, 0.25) is 5.13 Å². The first-order chi connectivity index (χ1) is 15.1. The van der Waals surface area contributed by atoms with Crippen LogP contribution in [-0.4, -0.2) is 47.9 Å². The molecule has 3 heterocycles. The zero-order valence-corrected chi connectivity index (χ0v) is 18.2. The second-order valence-corrected chi connectivity index (χ2v) is 8.71. The summed E-state index contributed by atoms with van der Waals surface area (Å²) in [5.41, 5.74) is 6.53. The van der Waals surface area contributed by atoms with Crippen molar-refractivity contribution in [3.05, 3.63) is 42.7 Å². The summed E-state index contributed by atoms with van der Waals surface area (Å²) < 4.78 is 6.43. The maximum Gasteiger partial charge on any atom is 0.432 e. The van der Waals surface area contributed by atoms with E-state index in [9.17, 15) is 14.7 Å². The van der Waals surface area contributed by atoms with Crippen molar-refractivity contribution in [3.8, 4) is 10.6 Å². The van der Waals surface area contributed by atoms with Crippen LogP contribution < -0.4 is 10.6 Å². The fourth-order valence-electron chi connectivity index (χ4n) is 2.92. The van der Waals surface area contributed by atoms with Crippen molar-refractivity contribution in [2.24, 2.45) is 0 Å². The average molecular weight is 453 g/mol. The lowest BCUT2D eigenvalue weighted by Gasteiger charge is -2.25. The van der Waals surface area contributed by atoms with Gasteiger partial charge in [-0.3, -0.25) is 0 Å². The largest absolute Gasteiger partial charge is 0.463 e. The highest BCUT2D eigenvalue weighted by Crippen LogP contribution is 2.35.